The van der Waals surface area contributed by atoms with Gasteiger partial charge in [-0.2, -0.15) is 5.10 Å². The molecule has 0 atom stereocenters. The van der Waals surface area contributed by atoms with Crippen LogP contribution >= 0.6 is 0 Å². The van der Waals surface area contributed by atoms with Crippen LogP contribution in [0.5, 0.6) is 0 Å². The normalized spacial score (nSPS) is 11.5. The zero-order valence-electron chi connectivity index (χ0n) is 19.3. The topological polar surface area (TPSA) is 63.9 Å². The minimum Gasteiger partial charge on any atom is -0.330 e. The first-order valence-electron chi connectivity index (χ1n) is 11.0. The van der Waals surface area contributed by atoms with Crippen molar-refractivity contribution in [1.29, 1.82) is 0 Å². The van der Waals surface area contributed by atoms with Crippen LogP contribution in [-0.2, 0) is 6.54 Å². The quantitative estimate of drug-likeness (QED) is 0.411. The van der Waals surface area contributed by atoms with Crippen LogP contribution in [0.25, 0.3) is 22.3 Å². The van der Waals surface area contributed by atoms with E-state index in [4.69, 9.17) is 4.98 Å². The van der Waals surface area contributed by atoms with E-state index in [2.05, 4.69) is 36.9 Å². The van der Waals surface area contributed by atoms with Gasteiger partial charge < -0.3 is 4.90 Å². The number of carbonyl (C=O) groups excluding carboxylic acids is 1. The summed E-state index contributed by atoms with van der Waals surface area (Å²) in [6.45, 7) is 10.7. The second-order valence-electron chi connectivity index (χ2n) is 8.64. The fourth-order valence-electron chi connectivity index (χ4n) is 3.88. The second kappa shape index (κ2) is 8.91. The number of nitrogens with zero attached hydrogens (tertiary/aromatic N) is 5. The minimum absolute atomic E-state index is 0.00905. The molecule has 0 saturated carbocycles. The molecule has 164 valence electrons. The largest absolute Gasteiger partial charge is 0.330 e. The maximum Gasteiger partial charge on any atom is 0.255 e. The van der Waals surface area contributed by atoms with Gasteiger partial charge in [0.1, 0.15) is 0 Å². The molecule has 0 radical (unpaired) electrons. The zero-order valence-corrected chi connectivity index (χ0v) is 19.3. The van der Waals surface area contributed by atoms with Crippen molar-refractivity contribution in [1.82, 2.24) is 24.6 Å². The van der Waals surface area contributed by atoms with Crippen LogP contribution < -0.4 is 0 Å². The summed E-state index contributed by atoms with van der Waals surface area (Å²) in [5, 5.41) is 5.33. The lowest BCUT2D eigenvalue weighted by atomic mass is 10.0. The fraction of sp³-hybridized carbons (Fsp3) is 0.308. The lowest BCUT2D eigenvalue weighted by Crippen LogP contribution is -2.36. The molecule has 1 amide bonds. The highest BCUT2D eigenvalue weighted by Crippen LogP contribution is 2.29. The first kappa shape index (κ1) is 21.7. The van der Waals surface area contributed by atoms with E-state index >= 15 is 0 Å². The molecule has 0 bridgehead atoms. The summed E-state index contributed by atoms with van der Waals surface area (Å²) in [5.74, 6) is -0.0452. The van der Waals surface area contributed by atoms with Gasteiger partial charge in [0.25, 0.3) is 5.91 Å². The van der Waals surface area contributed by atoms with Crippen LogP contribution in [-0.4, -0.2) is 36.6 Å². The highest BCUT2D eigenvalue weighted by molar-refractivity contribution is 6.06. The minimum atomic E-state index is -0.0452. The van der Waals surface area contributed by atoms with Crippen LogP contribution in [0.1, 0.15) is 55.4 Å². The molecule has 4 aromatic rings. The summed E-state index contributed by atoms with van der Waals surface area (Å²) < 4.78 is 1.88. The van der Waals surface area contributed by atoms with Crippen LogP contribution in [0.2, 0.25) is 0 Å². The molecule has 3 heterocycles. The number of benzene rings is 1. The van der Waals surface area contributed by atoms with E-state index in [1.807, 2.05) is 65.9 Å². The standard InChI is InChI=1S/C26H29N5O/c1-17(2)30(16-20-11-8-9-13-27-20)26(32)22-14-24(21-12-7-6-10-19(21)5)29-25-23(22)15-28-31(25)18(3)4/h6-15,17-18H,16H2,1-5H3. The summed E-state index contributed by atoms with van der Waals surface area (Å²) >= 11 is 0. The molecule has 0 spiro atoms. The van der Waals surface area contributed by atoms with Crippen LogP contribution in [0.3, 0.4) is 0 Å². The molecular weight excluding hydrogens is 398 g/mol. The van der Waals surface area contributed by atoms with Gasteiger partial charge in [0.05, 0.1) is 35.1 Å². The zero-order chi connectivity index (χ0) is 22.8. The Morgan fingerprint density at radius 2 is 1.81 bits per heavy atom. The molecule has 4 rings (SSSR count). The number of hydrogen-bond donors (Lipinski definition) is 0. The molecule has 32 heavy (non-hydrogen) atoms. The molecule has 0 saturated heterocycles. The maximum absolute atomic E-state index is 13.9. The van der Waals surface area contributed by atoms with Gasteiger partial charge in [0.15, 0.2) is 5.65 Å². The second-order valence-corrected chi connectivity index (χ2v) is 8.64. The highest BCUT2D eigenvalue weighted by Gasteiger charge is 2.25. The summed E-state index contributed by atoms with van der Waals surface area (Å²) in [6.07, 6.45) is 3.52. The maximum atomic E-state index is 13.9. The Labute approximate surface area is 188 Å². The Kier molecular flexibility index (Phi) is 6.04. The van der Waals surface area contributed by atoms with Gasteiger partial charge in [0, 0.05) is 23.8 Å². The van der Waals surface area contributed by atoms with Crippen molar-refractivity contribution >= 4 is 16.9 Å². The number of pyridine rings is 2. The molecule has 0 aliphatic rings. The molecule has 1 aromatic carbocycles. The van der Waals surface area contributed by atoms with E-state index < -0.39 is 0 Å². The Morgan fingerprint density at radius 1 is 1.06 bits per heavy atom. The fourth-order valence-corrected chi connectivity index (χ4v) is 3.88. The van der Waals surface area contributed by atoms with E-state index in [0.717, 1.165) is 33.5 Å². The van der Waals surface area contributed by atoms with Gasteiger partial charge in [0.2, 0.25) is 0 Å². The number of fused-ring (bicyclic) bond motifs is 1. The summed E-state index contributed by atoms with van der Waals surface area (Å²) in [6, 6.07) is 15.9. The third-order valence-electron chi connectivity index (χ3n) is 5.65. The van der Waals surface area contributed by atoms with Crippen molar-refractivity contribution < 1.29 is 4.79 Å². The molecular formula is C26H29N5O. The molecule has 0 aliphatic heterocycles. The number of carbonyl (C=O) groups is 1. The lowest BCUT2D eigenvalue weighted by Gasteiger charge is -2.27. The molecule has 6 nitrogen and oxygen atoms in total. The van der Waals surface area contributed by atoms with Crippen molar-refractivity contribution in [2.75, 3.05) is 0 Å². The van der Waals surface area contributed by atoms with E-state index in [1.165, 1.54) is 0 Å². The van der Waals surface area contributed by atoms with Gasteiger partial charge in [-0.3, -0.25) is 9.78 Å². The molecule has 6 heteroatoms. The number of rotatable bonds is 6. The van der Waals surface area contributed by atoms with E-state index in [9.17, 15) is 4.79 Å². The average molecular weight is 428 g/mol. The van der Waals surface area contributed by atoms with Gasteiger partial charge in [-0.1, -0.05) is 30.3 Å². The Balaban J connectivity index is 1.88. The van der Waals surface area contributed by atoms with Crippen LogP contribution in [0, 0.1) is 6.92 Å². The first-order valence-corrected chi connectivity index (χ1v) is 11.0. The lowest BCUT2D eigenvalue weighted by molar-refractivity contribution is 0.0690. The summed E-state index contributed by atoms with van der Waals surface area (Å²) in [4.78, 5) is 25.1. The molecule has 0 N–H and O–H groups in total. The summed E-state index contributed by atoms with van der Waals surface area (Å²) in [7, 11) is 0. The average Bonchev–Trinajstić information content (AvgIpc) is 3.21. The molecule has 3 aromatic heterocycles. The monoisotopic (exact) mass is 427 g/mol. The number of amides is 1. The predicted molar refractivity (Wildman–Crippen MR) is 127 cm³/mol. The van der Waals surface area contributed by atoms with Crippen molar-refractivity contribution in [2.45, 2.75) is 53.2 Å². The molecule has 0 fully saturated rings. The number of aromatic nitrogens is 4. The van der Waals surface area contributed by atoms with Crippen molar-refractivity contribution in [3.8, 4) is 11.3 Å². The Bertz CT molecular complexity index is 1240. The summed E-state index contributed by atoms with van der Waals surface area (Å²) in [5.41, 5.74) is 5.11. The van der Waals surface area contributed by atoms with Crippen LogP contribution in [0.15, 0.2) is 60.9 Å². The number of aryl methyl sites for hydroxylation is 1. The van der Waals surface area contributed by atoms with Gasteiger partial charge in [-0.15, -0.1) is 0 Å². The first-order chi connectivity index (χ1) is 15.4. The third-order valence-corrected chi connectivity index (χ3v) is 5.65. The molecule has 0 aliphatic carbocycles. The smallest absolute Gasteiger partial charge is 0.255 e. The van der Waals surface area contributed by atoms with E-state index in [-0.39, 0.29) is 18.0 Å². The van der Waals surface area contributed by atoms with Gasteiger partial charge in [-0.25, -0.2) is 9.67 Å². The molecule has 0 unspecified atom stereocenters. The SMILES string of the molecule is Cc1ccccc1-c1cc(C(=O)N(Cc2ccccn2)C(C)C)c2cnn(C(C)C)c2n1. The van der Waals surface area contributed by atoms with E-state index in [1.54, 1.807) is 12.4 Å². The highest BCUT2D eigenvalue weighted by atomic mass is 16.2. The van der Waals surface area contributed by atoms with E-state index in [0.29, 0.717) is 12.1 Å². The van der Waals surface area contributed by atoms with Crippen molar-refractivity contribution in [3.05, 3.63) is 77.7 Å². The van der Waals surface area contributed by atoms with Gasteiger partial charge in [-0.05, 0) is 58.4 Å². The number of hydrogen-bond acceptors (Lipinski definition) is 4. The third kappa shape index (κ3) is 4.13. The Morgan fingerprint density at radius 3 is 2.47 bits per heavy atom. The van der Waals surface area contributed by atoms with Crippen molar-refractivity contribution in [3.63, 3.8) is 0 Å². The van der Waals surface area contributed by atoms with Gasteiger partial charge >= 0.3 is 0 Å². The Hall–Kier alpha value is -3.54. The van der Waals surface area contributed by atoms with Crippen LogP contribution in [0.4, 0.5) is 0 Å². The van der Waals surface area contributed by atoms with Crippen molar-refractivity contribution in [2.24, 2.45) is 0 Å². The predicted octanol–water partition coefficient (Wildman–Crippen LogP) is 5.43.